The SMILES string of the molecule is COc1cc2c(Oc3ccc(N4CCN(Cc5ccccc5)CC4=O)c(C)c3)ccnc2cc1O. The summed E-state index contributed by atoms with van der Waals surface area (Å²) in [5.74, 6) is 1.73. The number of pyridine rings is 1. The lowest BCUT2D eigenvalue weighted by molar-refractivity contribution is -0.121. The molecule has 0 spiro atoms. The van der Waals surface area contributed by atoms with E-state index in [4.69, 9.17) is 9.47 Å². The molecule has 1 amide bonds. The molecule has 1 aromatic heterocycles. The molecule has 1 N–H and O–H groups in total. The van der Waals surface area contributed by atoms with Crippen LogP contribution in [-0.4, -0.2) is 47.6 Å². The number of rotatable bonds is 6. The summed E-state index contributed by atoms with van der Waals surface area (Å²) in [5, 5.41) is 10.8. The van der Waals surface area contributed by atoms with Crippen LogP contribution >= 0.6 is 0 Å². The fraction of sp³-hybridized carbons (Fsp3) is 0.214. The van der Waals surface area contributed by atoms with Gasteiger partial charge in [0, 0.05) is 43.0 Å². The minimum Gasteiger partial charge on any atom is -0.504 e. The molecule has 3 aromatic carbocycles. The van der Waals surface area contributed by atoms with Crippen LogP contribution < -0.4 is 14.4 Å². The van der Waals surface area contributed by atoms with Gasteiger partial charge in [0.1, 0.15) is 11.5 Å². The van der Waals surface area contributed by atoms with Crippen molar-refractivity contribution in [3.8, 4) is 23.0 Å². The quantitative estimate of drug-likeness (QED) is 0.433. The molecule has 0 aliphatic carbocycles. The van der Waals surface area contributed by atoms with E-state index in [1.165, 1.54) is 12.7 Å². The van der Waals surface area contributed by atoms with Gasteiger partial charge in [-0.2, -0.15) is 0 Å². The molecule has 178 valence electrons. The minimum absolute atomic E-state index is 0.0263. The van der Waals surface area contributed by atoms with Gasteiger partial charge in [0.2, 0.25) is 5.91 Å². The molecule has 1 fully saturated rings. The van der Waals surface area contributed by atoms with Crippen molar-refractivity contribution in [3.05, 3.63) is 84.1 Å². The Kier molecular flexibility index (Phi) is 6.25. The molecule has 1 saturated heterocycles. The number of hydrogen-bond donors (Lipinski definition) is 1. The van der Waals surface area contributed by atoms with Gasteiger partial charge in [-0.05, 0) is 48.4 Å². The Labute approximate surface area is 204 Å². The summed E-state index contributed by atoms with van der Waals surface area (Å²) in [7, 11) is 1.50. The van der Waals surface area contributed by atoms with Crippen molar-refractivity contribution in [2.24, 2.45) is 0 Å². The lowest BCUT2D eigenvalue weighted by atomic mass is 10.1. The summed E-state index contributed by atoms with van der Waals surface area (Å²) in [4.78, 5) is 21.3. The van der Waals surface area contributed by atoms with Gasteiger partial charge in [0.15, 0.2) is 11.5 Å². The van der Waals surface area contributed by atoms with Crippen LogP contribution in [0.4, 0.5) is 5.69 Å². The number of aromatic nitrogens is 1. The molecule has 0 bridgehead atoms. The van der Waals surface area contributed by atoms with E-state index >= 15 is 0 Å². The Morgan fingerprint density at radius 3 is 2.57 bits per heavy atom. The number of fused-ring (bicyclic) bond motifs is 1. The molecule has 5 rings (SSSR count). The van der Waals surface area contributed by atoms with E-state index in [2.05, 4.69) is 22.0 Å². The van der Waals surface area contributed by atoms with Gasteiger partial charge in [0.25, 0.3) is 0 Å². The van der Waals surface area contributed by atoms with E-state index in [0.717, 1.165) is 29.7 Å². The van der Waals surface area contributed by atoms with Crippen LogP contribution in [0.5, 0.6) is 23.0 Å². The first-order valence-corrected chi connectivity index (χ1v) is 11.5. The first kappa shape index (κ1) is 22.7. The van der Waals surface area contributed by atoms with Crippen LogP contribution in [0.3, 0.4) is 0 Å². The molecule has 1 aliphatic heterocycles. The highest BCUT2D eigenvalue weighted by Crippen LogP contribution is 2.37. The number of aromatic hydroxyl groups is 1. The Morgan fingerprint density at radius 1 is 1.00 bits per heavy atom. The molecule has 35 heavy (non-hydrogen) atoms. The van der Waals surface area contributed by atoms with Crippen molar-refractivity contribution >= 4 is 22.5 Å². The van der Waals surface area contributed by atoms with Crippen LogP contribution in [-0.2, 0) is 11.3 Å². The number of benzene rings is 3. The number of aryl methyl sites for hydroxylation is 1. The fourth-order valence-corrected chi connectivity index (χ4v) is 4.46. The van der Waals surface area contributed by atoms with Gasteiger partial charge in [-0.3, -0.25) is 14.7 Å². The first-order valence-electron chi connectivity index (χ1n) is 11.5. The third-order valence-corrected chi connectivity index (χ3v) is 6.24. The zero-order valence-electron chi connectivity index (χ0n) is 19.8. The van der Waals surface area contributed by atoms with Crippen molar-refractivity contribution in [3.63, 3.8) is 0 Å². The highest BCUT2D eigenvalue weighted by atomic mass is 16.5. The second-order valence-electron chi connectivity index (χ2n) is 8.64. The monoisotopic (exact) mass is 469 g/mol. The van der Waals surface area contributed by atoms with E-state index in [-0.39, 0.29) is 11.7 Å². The van der Waals surface area contributed by atoms with E-state index in [1.807, 2.05) is 48.2 Å². The number of phenolic OH excluding ortho intramolecular Hbond substituents is 1. The highest BCUT2D eigenvalue weighted by molar-refractivity contribution is 5.96. The Balaban J connectivity index is 1.32. The largest absolute Gasteiger partial charge is 0.504 e. The lowest BCUT2D eigenvalue weighted by Crippen LogP contribution is -2.50. The number of carbonyl (C=O) groups excluding carboxylic acids is 1. The van der Waals surface area contributed by atoms with Gasteiger partial charge >= 0.3 is 0 Å². The normalized spacial score (nSPS) is 14.3. The molecule has 1 aliphatic rings. The molecule has 7 heteroatoms. The van der Waals surface area contributed by atoms with Crippen molar-refractivity contribution < 1.29 is 19.4 Å². The first-order chi connectivity index (χ1) is 17.0. The number of phenols is 1. The fourth-order valence-electron chi connectivity index (χ4n) is 4.46. The maximum absolute atomic E-state index is 13.0. The smallest absolute Gasteiger partial charge is 0.241 e. The second-order valence-corrected chi connectivity index (χ2v) is 8.64. The van der Waals surface area contributed by atoms with E-state index < -0.39 is 0 Å². The molecular weight excluding hydrogens is 442 g/mol. The number of carbonyl (C=O) groups is 1. The molecule has 0 radical (unpaired) electrons. The Bertz CT molecular complexity index is 1370. The maximum atomic E-state index is 13.0. The number of amides is 1. The summed E-state index contributed by atoms with van der Waals surface area (Å²) in [6.07, 6.45) is 1.64. The van der Waals surface area contributed by atoms with Crippen molar-refractivity contribution in [1.29, 1.82) is 0 Å². The molecule has 2 heterocycles. The second kappa shape index (κ2) is 9.64. The topological polar surface area (TPSA) is 75.1 Å². The van der Waals surface area contributed by atoms with Gasteiger partial charge in [0.05, 0.1) is 19.2 Å². The number of anilines is 1. The summed E-state index contributed by atoms with van der Waals surface area (Å²) < 4.78 is 11.4. The Morgan fingerprint density at radius 2 is 1.83 bits per heavy atom. The maximum Gasteiger partial charge on any atom is 0.241 e. The van der Waals surface area contributed by atoms with Gasteiger partial charge in [-0.15, -0.1) is 0 Å². The van der Waals surface area contributed by atoms with E-state index in [0.29, 0.717) is 35.9 Å². The summed E-state index contributed by atoms with van der Waals surface area (Å²) in [5.41, 5.74) is 3.67. The average molecular weight is 470 g/mol. The average Bonchev–Trinajstić information content (AvgIpc) is 2.85. The molecule has 0 unspecified atom stereocenters. The van der Waals surface area contributed by atoms with Gasteiger partial charge in [-0.25, -0.2) is 0 Å². The van der Waals surface area contributed by atoms with Gasteiger partial charge in [-0.1, -0.05) is 30.3 Å². The van der Waals surface area contributed by atoms with Crippen LogP contribution in [0.25, 0.3) is 10.9 Å². The molecule has 7 nitrogen and oxygen atoms in total. The molecular formula is C28H27N3O4. The highest BCUT2D eigenvalue weighted by Gasteiger charge is 2.26. The van der Waals surface area contributed by atoms with Crippen molar-refractivity contribution in [2.45, 2.75) is 13.5 Å². The molecule has 0 saturated carbocycles. The molecule has 4 aromatic rings. The van der Waals surface area contributed by atoms with Crippen molar-refractivity contribution in [2.75, 3.05) is 31.6 Å². The molecule has 0 atom stereocenters. The number of hydrogen-bond acceptors (Lipinski definition) is 6. The lowest BCUT2D eigenvalue weighted by Gasteiger charge is -2.35. The minimum atomic E-state index is 0.0263. The van der Waals surface area contributed by atoms with E-state index in [1.54, 1.807) is 24.4 Å². The number of ether oxygens (including phenoxy) is 2. The van der Waals surface area contributed by atoms with Crippen LogP contribution in [0.2, 0.25) is 0 Å². The van der Waals surface area contributed by atoms with Crippen LogP contribution in [0.15, 0.2) is 72.9 Å². The van der Waals surface area contributed by atoms with Crippen LogP contribution in [0.1, 0.15) is 11.1 Å². The standard InChI is InChI=1S/C28H27N3O4/c1-19-14-21(35-26-10-11-29-23-16-25(32)27(34-2)15-22(23)26)8-9-24(19)31-13-12-30(18-28(31)33)17-20-6-4-3-5-7-20/h3-11,14-16,32H,12-13,17-18H2,1-2H3. The van der Waals surface area contributed by atoms with Crippen molar-refractivity contribution in [1.82, 2.24) is 9.88 Å². The summed E-state index contributed by atoms with van der Waals surface area (Å²) >= 11 is 0. The van der Waals surface area contributed by atoms with E-state index in [9.17, 15) is 9.90 Å². The third kappa shape index (κ3) is 4.76. The Hall–Kier alpha value is -4.10. The number of piperazine rings is 1. The van der Waals surface area contributed by atoms with Gasteiger partial charge < -0.3 is 19.5 Å². The van der Waals surface area contributed by atoms with Crippen LogP contribution in [0, 0.1) is 6.92 Å². The third-order valence-electron chi connectivity index (χ3n) is 6.24. The zero-order valence-corrected chi connectivity index (χ0v) is 19.8. The summed E-state index contributed by atoms with van der Waals surface area (Å²) in [6, 6.07) is 21.0. The summed E-state index contributed by atoms with van der Waals surface area (Å²) in [6.45, 7) is 4.61. The predicted octanol–water partition coefficient (Wildman–Crippen LogP) is 4.90. The number of methoxy groups -OCH3 is 1. The number of nitrogens with zero attached hydrogens (tertiary/aromatic N) is 3. The predicted molar refractivity (Wildman–Crippen MR) is 135 cm³/mol. The zero-order chi connectivity index (χ0) is 24.4.